The molecule has 16 heavy (non-hydrogen) atoms. The number of nitrogens with zero attached hydrogens (tertiary/aromatic N) is 1. The van der Waals surface area contributed by atoms with Gasteiger partial charge in [-0.15, -0.1) is 0 Å². The van der Waals surface area contributed by atoms with Crippen molar-refractivity contribution in [1.82, 2.24) is 4.98 Å². The van der Waals surface area contributed by atoms with Crippen molar-refractivity contribution in [1.29, 1.82) is 0 Å². The molecule has 88 valence electrons. The predicted molar refractivity (Wildman–Crippen MR) is 47.3 cm³/mol. The number of hydrogen-bond acceptors (Lipinski definition) is 2. The van der Waals surface area contributed by atoms with E-state index >= 15 is 0 Å². The van der Waals surface area contributed by atoms with Gasteiger partial charge in [-0.25, -0.2) is 8.78 Å². The molecule has 0 aliphatic heterocycles. The number of rotatable bonds is 2. The van der Waals surface area contributed by atoms with Gasteiger partial charge in [-0.2, -0.15) is 13.2 Å². The lowest BCUT2D eigenvalue weighted by atomic mass is 10.1. The van der Waals surface area contributed by atoms with Crippen LogP contribution in [0.15, 0.2) is 10.7 Å². The lowest BCUT2D eigenvalue weighted by Gasteiger charge is -2.14. The molecule has 0 atom stereocenters. The number of aldehydes is 1. The predicted octanol–water partition coefficient (Wildman–Crippen LogP) is 3.61. The van der Waals surface area contributed by atoms with Crippen LogP contribution in [0.3, 0.4) is 0 Å². The highest BCUT2D eigenvalue weighted by Gasteiger charge is 2.40. The van der Waals surface area contributed by atoms with Gasteiger partial charge in [0.1, 0.15) is 5.69 Å². The summed E-state index contributed by atoms with van der Waals surface area (Å²) >= 11 is 2.55. The fourth-order valence-electron chi connectivity index (χ4n) is 1.12. The molecule has 0 saturated carbocycles. The van der Waals surface area contributed by atoms with Crippen LogP contribution in [0.4, 0.5) is 22.0 Å². The van der Waals surface area contributed by atoms with E-state index < -0.39 is 33.9 Å². The van der Waals surface area contributed by atoms with Crippen molar-refractivity contribution >= 4 is 22.2 Å². The van der Waals surface area contributed by atoms with Crippen molar-refractivity contribution in [3.63, 3.8) is 0 Å². The van der Waals surface area contributed by atoms with Crippen LogP contribution in [0.1, 0.15) is 28.0 Å². The molecule has 0 unspecified atom stereocenters. The third kappa shape index (κ3) is 2.37. The van der Waals surface area contributed by atoms with Crippen LogP contribution in [-0.2, 0) is 6.18 Å². The molecule has 1 aromatic heterocycles. The maximum Gasteiger partial charge on any atom is 0.419 e. The first kappa shape index (κ1) is 13.0. The molecule has 1 aromatic rings. The van der Waals surface area contributed by atoms with E-state index in [0.717, 1.165) is 6.20 Å². The summed E-state index contributed by atoms with van der Waals surface area (Å²) in [5.41, 5.74) is -4.03. The Morgan fingerprint density at radius 2 is 1.94 bits per heavy atom. The lowest BCUT2D eigenvalue weighted by molar-refractivity contribution is -0.140. The van der Waals surface area contributed by atoms with Crippen molar-refractivity contribution in [3.05, 3.63) is 27.5 Å². The van der Waals surface area contributed by atoms with Crippen LogP contribution in [0.2, 0.25) is 0 Å². The molecule has 2 nitrogen and oxygen atoms in total. The van der Waals surface area contributed by atoms with E-state index in [4.69, 9.17) is 0 Å². The second kappa shape index (κ2) is 4.44. The molecule has 0 N–H and O–H groups in total. The molecule has 0 amide bonds. The third-order valence-electron chi connectivity index (χ3n) is 1.71. The molecule has 0 aliphatic carbocycles. The Morgan fingerprint density at radius 1 is 1.38 bits per heavy atom. The Kier molecular flexibility index (Phi) is 3.61. The largest absolute Gasteiger partial charge is 0.419 e. The highest BCUT2D eigenvalue weighted by atomic mass is 79.9. The fourth-order valence-corrected chi connectivity index (χ4v) is 1.59. The summed E-state index contributed by atoms with van der Waals surface area (Å²) < 4.78 is 61.9. The zero-order valence-electron chi connectivity index (χ0n) is 7.36. The lowest BCUT2D eigenvalue weighted by Crippen LogP contribution is -2.15. The van der Waals surface area contributed by atoms with Crippen molar-refractivity contribution in [2.45, 2.75) is 12.6 Å². The van der Waals surface area contributed by atoms with Gasteiger partial charge in [-0.3, -0.25) is 9.78 Å². The van der Waals surface area contributed by atoms with Gasteiger partial charge < -0.3 is 0 Å². The number of aromatic nitrogens is 1. The number of alkyl halides is 5. The third-order valence-corrected chi connectivity index (χ3v) is 2.35. The van der Waals surface area contributed by atoms with E-state index in [1.165, 1.54) is 0 Å². The maximum atomic E-state index is 12.5. The van der Waals surface area contributed by atoms with Crippen molar-refractivity contribution in [3.8, 4) is 0 Å². The molecule has 0 fully saturated rings. The second-order valence-electron chi connectivity index (χ2n) is 2.70. The number of carbonyl (C=O) groups excluding carboxylic acids is 1. The minimum absolute atomic E-state index is 0.207. The van der Waals surface area contributed by atoms with E-state index in [1.807, 2.05) is 0 Å². The van der Waals surface area contributed by atoms with E-state index in [1.54, 1.807) is 0 Å². The summed E-state index contributed by atoms with van der Waals surface area (Å²) in [5.74, 6) is 0. The van der Waals surface area contributed by atoms with Gasteiger partial charge in [0.15, 0.2) is 6.29 Å². The van der Waals surface area contributed by atoms with Crippen LogP contribution in [-0.4, -0.2) is 11.3 Å². The fraction of sp³-hybridized carbons (Fsp3) is 0.250. The molecule has 0 radical (unpaired) electrons. The molecule has 0 bridgehead atoms. The maximum absolute atomic E-state index is 12.5. The SMILES string of the molecule is O=Cc1ncc(Br)c(C(F)F)c1C(F)(F)F. The number of hydrogen-bond donors (Lipinski definition) is 0. The van der Waals surface area contributed by atoms with Crippen molar-refractivity contribution in [2.75, 3.05) is 0 Å². The normalized spacial score (nSPS) is 11.9. The van der Waals surface area contributed by atoms with E-state index in [9.17, 15) is 26.7 Å². The number of pyridine rings is 1. The highest BCUT2D eigenvalue weighted by Crippen LogP contribution is 2.40. The highest BCUT2D eigenvalue weighted by molar-refractivity contribution is 9.10. The number of carbonyl (C=O) groups is 1. The molecule has 0 aliphatic rings. The van der Waals surface area contributed by atoms with Gasteiger partial charge in [0, 0.05) is 16.2 Å². The topological polar surface area (TPSA) is 30.0 Å². The standard InChI is InChI=1S/C8H3BrF5NO/c9-3-1-15-4(2-16)6(8(12,13)14)5(3)7(10)11/h1-2,7H. The first-order valence-corrected chi connectivity index (χ1v) is 4.57. The van der Waals surface area contributed by atoms with Gasteiger partial charge in [-0.05, 0) is 15.9 Å². The van der Waals surface area contributed by atoms with Gasteiger partial charge >= 0.3 is 6.18 Å². The average molecular weight is 304 g/mol. The summed E-state index contributed by atoms with van der Waals surface area (Å²) in [7, 11) is 0. The zero-order chi connectivity index (χ0) is 12.5. The van der Waals surface area contributed by atoms with Crippen LogP contribution in [0, 0.1) is 0 Å². The van der Waals surface area contributed by atoms with Gasteiger partial charge in [-0.1, -0.05) is 0 Å². The van der Waals surface area contributed by atoms with Crippen LogP contribution in [0.25, 0.3) is 0 Å². The van der Waals surface area contributed by atoms with Gasteiger partial charge in [0.25, 0.3) is 6.43 Å². The van der Waals surface area contributed by atoms with E-state index in [2.05, 4.69) is 20.9 Å². The molecule has 1 heterocycles. The molecule has 8 heteroatoms. The minimum atomic E-state index is -5.06. The number of halogens is 6. The average Bonchev–Trinajstić information content (AvgIpc) is 2.15. The molecule has 0 aromatic carbocycles. The quantitative estimate of drug-likeness (QED) is 0.617. The minimum Gasteiger partial charge on any atom is -0.296 e. The van der Waals surface area contributed by atoms with Crippen LogP contribution < -0.4 is 0 Å². The van der Waals surface area contributed by atoms with Gasteiger partial charge in [0.05, 0.1) is 5.56 Å². The van der Waals surface area contributed by atoms with E-state index in [0.29, 0.717) is 0 Å². The van der Waals surface area contributed by atoms with E-state index in [-0.39, 0.29) is 6.29 Å². The Morgan fingerprint density at radius 3 is 2.31 bits per heavy atom. The van der Waals surface area contributed by atoms with Gasteiger partial charge in [0.2, 0.25) is 0 Å². The van der Waals surface area contributed by atoms with Crippen LogP contribution >= 0.6 is 15.9 Å². The molecule has 0 saturated heterocycles. The van der Waals surface area contributed by atoms with Crippen molar-refractivity contribution < 1.29 is 26.7 Å². The molecule has 0 spiro atoms. The summed E-state index contributed by atoms with van der Waals surface area (Å²) in [6, 6.07) is 0. The summed E-state index contributed by atoms with van der Waals surface area (Å²) in [5, 5.41) is 0. The zero-order valence-corrected chi connectivity index (χ0v) is 8.94. The van der Waals surface area contributed by atoms with Crippen molar-refractivity contribution in [2.24, 2.45) is 0 Å². The Balaban J connectivity index is 3.62. The Bertz CT molecular complexity index is 418. The smallest absolute Gasteiger partial charge is 0.296 e. The molecular formula is C8H3BrF5NO. The Labute approximate surface area is 94.6 Å². The Hall–Kier alpha value is -1.05. The molecular weight excluding hydrogens is 301 g/mol. The second-order valence-corrected chi connectivity index (χ2v) is 3.55. The monoisotopic (exact) mass is 303 g/mol. The summed E-state index contributed by atoms with van der Waals surface area (Å²) in [6.45, 7) is 0. The summed E-state index contributed by atoms with van der Waals surface area (Å²) in [6.07, 6.45) is -7.88. The summed E-state index contributed by atoms with van der Waals surface area (Å²) in [4.78, 5) is 13.5. The first-order chi connectivity index (χ1) is 7.29. The molecule has 1 rings (SSSR count). The van der Waals surface area contributed by atoms with Crippen LogP contribution in [0.5, 0.6) is 0 Å². The first-order valence-electron chi connectivity index (χ1n) is 3.78.